The number of aromatic nitrogens is 2. The number of aromatic amines is 1. The minimum Gasteiger partial charge on any atom is -0.318 e. The first-order chi connectivity index (χ1) is 9.65. The smallest absolute Gasteiger partial charge is 0.272 e. The lowest BCUT2D eigenvalue weighted by atomic mass is 10.2. The summed E-state index contributed by atoms with van der Waals surface area (Å²) in [5.41, 5.74) is 2.59. The summed E-state index contributed by atoms with van der Waals surface area (Å²) in [6, 6.07) is 7.91. The van der Waals surface area contributed by atoms with Gasteiger partial charge >= 0.3 is 0 Å². The van der Waals surface area contributed by atoms with Gasteiger partial charge in [0, 0.05) is 6.07 Å². The number of carbonyl (C=O) groups is 1. The Labute approximate surface area is 122 Å². The molecule has 0 aliphatic rings. The molecule has 0 aliphatic heterocycles. The molecule has 2 aromatic heterocycles. The van der Waals surface area contributed by atoms with E-state index in [1.807, 2.05) is 6.07 Å². The van der Waals surface area contributed by atoms with Crippen molar-refractivity contribution in [2.24, 2.45) is 0 Å². The molecule has 20 heavy (non-hydrogen) atoms. The van der Waals surface area contributed by atoms with Gasteiger partial charge in [0.25, 0.3) is 5.91 Å². The molecule has 0 saturated heterocycles. The van der Waals surface area contributed by atoms with Gasteiger partial charge in [-0.2, -0.15) is 0 Å². The van der Waals surface area contributed by atoms with E-state index in [-0.39, 0.29) is 11.3 Å². The van der Waals surface area contributed by atoms with E-state index in [0.29, 0.717) is 16.2 Å². The van der Waals surface area contributed by atoms with E-state index in [0.717, 1.165) is 4.70 Å². The second-order valence-corrected chi connectivity index (χ2v) is 5.30. The minimum atomic E-state index is -0.440. The summed E-state index contributed by atoms with van der Waals surface area (Å²) >= 11 is 7.56. The second-order valence-electron chi connectivity index (χ2n) is 4.00. The Bertz CT molecular complexity index is 856. The first-order valence-electron chi connectivity index (χ1n) is 5.67. The molecule has 0 bridgehead atoms. The summed E-state index contributed by atoms with van der Waals surface area (Å²) in [4.78, 5) is 30.0. The fourth-order valence-corrected chi connectivity index (χ4v) is 2.67. The number of fused-ring (bicyclic) bond motifs is 1. The van der Waals surface area contributed by atoms with E-state index in [1.165, 1.54) is 29.5 Å². The van der Waals surface area contributed by atoms with Crippen molar-refractivity contribution in [2.75, 3.05) is 5.32 Å². The van der Waals surface area contributed by atoms with Crippen molar-refractivity contribution in [1.29, 1.82) is 0 Å². The normalized spacial score (nSPS) is 10.7. The van der Waals surface area contributed by atoms with Crippen molar-refractivity contribution < 1.29 is 4.79 Å². The van der Waals surface area contributed by atoms with Crippen molar-refractivity contribution in [3.63, 3.8) is 0 Å². The van der Waals surface area contributed by atoms with Crippen LogP contribution in [-0.2, 0) is 0 Å². The van der Waals surface area contributed by atoms with Gasteiger partial charge in [-0.3, -0.25) is 9.59 Å². The number of amides is 1. The number of anilines is 1. The zero-order chi connectivity index (χ0) is 14.1. The Morgan fingerprint density at radius 2 is 2.15 bits per heavy atom. The third-order valence-corrected chi connectivity index (χ3v) is 3.81. The molecule has 2 heterocycles. The Hall–Kier alpha value is -2.18. The molecule has 0 atom stereocenters. The van der Waals surface area contributed by atoms with E-state index in [2.05, 4.69) is 15.3 Å². The van der Waals surface area contributed by atoms with Gasteiger partial charge in [0.2, 0.25) is 5.56 Å². The molecule has 0 aliphatic carbocycles. The average molecular weight is 306 g/mol. The minimum absolute atomic E-state index is 0.167. The van der Waals surface area contributed by atoms with Crippen molar-refractivity contribution in [1.82, 2.24) is 9.97 Å². The standard InChI is InChI=1S/C13H8ClN3O2S/c14-7-4-5-9-12(15-6-20-9)11(7)17-13(19)8-2-1-3-10(18)16-8/h1-6H,(H,16,18)(H,17,19). The van der Waals surface area contributed by atoms with Gasteiger partial charge in [-0.1, -0.05) is 17.7 Å². The van der Waals surface area contributed by atoms with Crippen LogP contribution in [0.15, 0.2) is 40.6 Å². The molecular formula is C13H8ClN3O2S. The first kappa shape index (κ1) is 12.8. The van der Waals surface area contributed by atoms with E-state index in [9.17, 15) is 9.59 Å². The predicted molar refractivity (Wildman–Crippen MR) is 79.6 cm³/mol. The van der Waals surface area contributed by atoms with Crippen LogP contribution in [0.4, 0.5) is 5.69 Å². The maximum absolute atomic E-state index is 12.1. The van der Waals surface area contributed by atoms with Crippen LogP contribution in [0.25, 0.3) is 10.2 Å². The SMILES string of the molecule is O=C(Nc1c(Cl)ccc2scnc12)c1cccc(=O)[nH]1. The monoisotopic (exact) mass is 305 g/mol. The summed E-state index contributed by atoms with van der Waals surface area (Å²) < 4.78 is 0.922. The summed E-state index contributed by atoms with van der Waals surface area (Å²) in [7, 11) is 0. The highest BCUT2D eigenvalue weighted by Crippen LogP contribution is 2.32. The number of H-pyrrole nitrogens is 1. The van der Waals surface area contributed by atoms with Gasteiger partial charge in [-0.25, -0.2) is 4.98 Å². The second kappa shape index (κ2) is 5.07. The molecule has 0 fully saturated rings. The molecule has 0 radical (unpaired) electrons. The highest BCUT2D eigenvalue weighted by molar-refractivity contribution is 7.16. The average Bonchev–Trinajstić information content (AvgIpc) is 2.90. The molecule has 2 N–H and O–H groups in total. The van der Waals surface area contributed by atoms with E-state index in [1.54, 1.807) is 11.6 Å². The molecule has 0 unspecified atom stereocenters. The Morgan fingerprint density at radius 3 is 2.95 bits per heavy atom. The number of nitrogens with one attached hydrogen (secondary N) is 2. The fraction of sp³-hybridized carbons (Fsp3) is 0. The third kappa shape index (κ3) is 2.31. The summed E-state index contributed by atoms with van der Waals surface area (Å²) in [5.74, 6) is -0.440. The highest BCUT2D eigenvalue weighted by Gasteiger charge is 2.13. The lowest BCUT2D eigenvalue weighted by Gasteiger charge is -2.07. The van der Waals surface area contributed by atoms with Gasteiger partial charge in [0.15, 0.2) is 0 Å². The van der Waals surface area contributed by atoms with Gasteiger partial charge in [-0.15, -0.1) is 11.3 Å². The lowest BCUT2D eigenvalue weighted by molar-refractivity contribution is 0.102. The predicted octanol–water partition coefficient (Wildman–Crippen LogP) is 2.89. The number of thiazole rings is 1. The zero-order valence-corrected chi connectivity index (χ0v) is 11.6. The number of hydrogen-bond acceptors (Lipinski definition) is 4. The summed E-state index contributed by atoms with van der Waals surface area (Å²) in [6.45, 7) is 0. The van der Waals surface area contributed by atoms with Gasteiger partial charge in [0.05, 0.1) is 20.9 Å². The van der Waals surface area contributed by atoms with Crippen molar-refractivity contribution >= 4 is 44.7 Å². The quantitative estimate of drug-likeness (QED) is 0.764. The number of nitrogens with zero attached hydrogens (tertiary/aromatic N) is 1. The van der Waals surface area contributed by atoms with Crippen LogP contribution >= 0.6 is 22.9 Å². The maximum Gasteiger partial charge on any atom is 0.272 e. The highest BCUT2D eigenvalue weighted by atomic mass is 35.5. The summed E-state index contributed by atoms with van der Waals surface area (Å²) in [6.07, 6.45) is 0. The summed E-state index contributed by atoms with van der Waals surface area (Å²) in [5, 5.41) is 3.08. The Morgan fingerprint density at radius 1 is 1.30 bits per heavy atom. The van der Waals surface area contributed by atoms with Crippen LogP contribution in [0.5, 0.6) is 0 Å². The zero-order valence-electron chi connectivity index (χ0n) is 10.0. The number of carbonyl (C=O) groups excluding carboxylic acids is 1. The van der Waals surface area contributed by atoms with E-state index >= 15 is 0 Å². The topological polar surface area (TPSA) is 74.8 Å². The molecule has 1 amide bonds. The number of halogens is 1. The fourth-order valence-electron chi connectivity index (χ4n) is 1.79. The van der Waals surface area contributed by atoms with Crippen molar-refractivity contribution in [3.8, 4) is 0 Å². The number of rotatable bonds is 2. The Balaban J connectivity index is 2.01. The van der Waals surface area contributed by atoms with Gasteiger partial charge in [-0.05, 0) is 18.2 Å². The Kier molecular flexibility index (Phi) is 3.25. The van der Waals surface area contributed by atoms with Crippen LogP contribution < -0.4 is 10.9 Å². The van der Waals surface area contributed by atoms with Gasteiger partial charge in [0.1, 0.15) is 11.2 Å². The molecule has 5 nitrogen and oxygen atoms in total. The van der Waals surface area contributed by atoms with Crippen molar-refractivity contribution in [2.45, 2.75) is 0 Å². The molecule has 1 aromatic carbocycles. The van der Waals surface area contributed by atoms with Crippen LogP contribution in [-0.4, -0.2) is 15.9 Å². The molecule has 100 valence electrons. The number of benzene rings is 1. The number of hydrogen-bond donors (Lipinski definition) is 2. The molecule has 3 rings (SSSR count). The lowest BCUT2D eigenvalue weighted by Crippen LogP contribution is -2.18. The molecule has 0 saturated carbocycles. The van der Waals surface area contributed by atoms with Crippen LogP contribution in [0.1, 0.15) is 10.5 Å². The van der Waals surface area contributed by atoms with Crippen molar-refractivity contribution in [3.05, 3.63) is 56.9 Å². The molecule has 3 aromatic rings. The van der Waals surface area contributed by atoms with E-state index in [4.69, 9.17) is 11.6 Å². The first-order valence-corrected chi connectivity index (χ1v) is 6.93. The molecular weight excluding hydrogens is 298 g/mol. The van der Waals surface area contributed by atoms with E-state index < -0.39 is 5.91 Å². The molecule has 7 heteroatoms. The molecule has 0 spiro atoms. The number of pyridine rings is 1. The third-order valence-electron chi connectivity index (χ3n) is 2.70. The van der Waals surface area contributed by atoms with Crippen LogP contribution in [0.3, 0.4) is 0 Å². The van der Waals surface area contributed by atoms with Crippen LogP contribution in [0.2, 0.25) is 5.02 Å². The van der Waals surface area contributed by atoms with Gasteiger partial charge < -0.3 is 10.3 Å². The van der Waals surface area contributed by atoms with Crippen LogP contribution in [0, 0.1) is 0 Å². The largest absolute Gasteiger partial charge is 0.318 e. The maximum atomic E-state index is 12.1.